The van der Waals surface area contributed by atoms with E-state index in [0.29, 0.717) is 37.7 Å². The minimum atomic E-state index is -3.70. The highest BCUT2D eigenvalue weighted by molar-refractivity contribution is 7.89. The fourth-order valence-corrected chi connectivity index (χ4v) is 3.81. The van der Waals surface area contributed by atoms with Crippen molar-refractivity contribution in [1.29, 1.82) is 0 Å². The Bertz CT molecular complexity index is 956. The van der Waals surface area contributed by atoms with E-state index in [-0.39, 0.29) is 10.5 Å². The molecule has 3 rings (SSSR count). The van der Waals surface area contributed by atoms with Crippen LogP contribution in [0, 0.1) is 5.82 Å². The van der Waals surface area contributed by atoms with Crippen LogP contribution >= 0.6 is 0 Å². The Morgan fingerprint density at radius 2 is 1.75 bits per heavy atom. The minimum Gasteiger partial charge on any atom is -0.378 e. The molecule has 1 aliphatic heterocycles. The maximum atomic E-state index is 13.1. The molecule has 0 spiro atoms. The number of nitrogens with one attached hydrogen (secondary N) is 1. The van der Waals surface area contributed by atoms with Crippen LogP contribution in [0.15, 0.2) is 47.4 Å². The van der Waals surface area contributed by atoms with Crippen molar-refractivity contribution in [3.05, 3.63) is 53.8 Å². The largest absolute Gasteiger partial charge is 0.378 e. The number of halogens is 1. The quantitative estimate of drug-likeness (QED) is 0.822. The average molecular weight is 407 g/mol. The van der Waals surface area contributed by atoms with Crippen LogP contribution in [0.25, 0.3) is 0 Å². The zero-order valence-corrected chi connectivity index (χ0v) is 16.5. The number of ether oxygens (including phenoxy) is 1. The van der Waals surface area contributed by atoms with Gasteiger partial charge in [0.2, 0.25) is 10.0 Å². The first kappa shape index (κ1) is 20.2. The number of hydrogen-bond donors (Lipinski definition) is 1. The molecule has 0 aliphatic carbocycles. The van der Waals surface area contributed by atoms with Crippen LogP contribution in [0.2, 0.25) is 0 Å². The predicted molar refractivity (Wildman–Crippen MR) is 105 cm³/mol. The Balaban J connectivity index is 2.00. The van der Waals surface area contributed by atoms with E-state index in [4.69, 9.17) is 4.74 Å². The molecule has 0 atom stereocenters. The molecule has 2 aromatic rings. The number of carbonyl (C=O) groups is 1. The van der Waals surface area contributed by atoms with Crippen LogP contribution in [0.4, 0.5) is 15.8 Å². The zero-order valence-electron chi connectivity index (χ0n) is 15.7. The maximum Gasteiger partial charge on any atom is 0.257 e. The Labute approximate surface area is 163 Å². The summed E-state index contributed by atoms with van der Waals surface area (Å²) >= 11 is 0. The first-order valence-corrected chi connectivity index (χ1v) is 10.2. The molecule has 1 fully saturated rings. The van der Waals surface area contributed by atoms with Crippen molar-refractivity contribution >= 4 is 27.3 Å². The summed E-state index contributed by atoms with van der Waals surface area (Å²) in [6, 6.07) is 9.88. The van der Waals surface area contributed by atoms with Gasteiger partial charge in [-0.05, 0) is 42.5 Å². The lowest BCUT2D eigenvalue weighted by Gasteiger charge is -2.30. The van der Waals surface area contributed by atoms with E-state index in [1.165, 1.54) is 50.5 Å². The summed E-state index contributed by atoms with van der Waals surface area (Å²) in [7, 11) is -0.830. The molecule has 1 saturated heterocycles. The van der Waals surface area contributed by atoms with Gasteiger partial charge in [0, 0.05) is 38.6 Å². The maximum absolute atomic E-state index is 13.1. The lowest BCUT2D eigenvalue weighted by molar-refractivity contribution is 0.102. The fraction of sp³-hybridized carbons (Fsp3) is 0.316. The number of nitrogens with zero attached hydrogens (tertiary/aromatic N) is 2. The molecule has 0 aromatic heterocycles. The molecule has 2 aromatic carbocycles. The second-order valence-electron chi connectivity index (χ2n) is 6.53. The molecule has 0 radical (unpaired) electrons. The monoisotopic (exact) mass is 407 g/mol. The van der Waals surface area contributed by atoms with Crippen LogP contribution < -0.4 is 10.2 Å². The van der Waals surface area contributed by atoms with Gasteiger partial charge < -0.3 is 15.0 Å². The van der Waals surface area contributed by atoms with Gasteiger partial charge in [-0.15, -0.1) is 0 Å². The second kappa shape index (κ2) is 8.26. The number of hydrogen-bond acceptors (Lipinski definition) is 5. The lowest BCUT2D eigenvalue weighted by Crippen LogP contribution is -2.37. The summed E-state index contributed by atoms with van der Waals surface area (Å²) in [6.45, 7) is 2.24. The van der Waals surface area contributed by atoms with Gasteiger partial charge in [0.1, 0.15) is 5.82 Å². The van der Waals surface area contributed by atoms with Gasteiger partial charge >= 0.3 is 0 Å². The van der Waals surface area contributed by atoms with Gasteiger partial charge in [0.25, 0.3) is 5.91 Å². The number of rotatable bonds is 5. The number of sulfonamides is 1. The highest BCUT2D eigenvalue weighted by Crippen LogP contribution is 2.27. The summed E-state index contributed by atoms with van der Waals surface area (Å²) in [5.41, 5.74) is 1.27. The molecule has 1 heterocycles. The number of morpholine rings is 1. The molecule has 1 aliphatic rings. The van der Waals surface area contributed by atoms with E-state index in [1.807, 2.05) is 4.90 Å². The molecule has 0 unspecified atom stereocenters. The first-order chi connectivity index (χ1) is 13.3. The van der Waals surface area contributed by atoms with Crippen LogP contribution in [0.3, 0.4) is 0 Å². The van der Waals surface area contributed by atoms with Crippen molar-refractivity contribution in [2.24, 2.45) is 0 Å². The average Bonchev–Trinajstić information content (AvgIpc) is 2.69. The van der Waals surface area contributed by atoms with Crippen molar-refractivity contribution < 1.29 is 22.3 Å². The summed E-state index contributed by atoms with van der Waals surface area (Å²) in [4.78, 5) is 14.9. The van der Waals surface area contributed by atoms with Crippen molar-refractivity contribution in [3.63, 3.8) is 0 Å². The Kier molecular flexibility index (Phi) is 5.97. The normalized spacial score (nSPS) is 14.9. The third kappa shape index (κ3) is 4.32. The van der Waals surface area contributed by atoms with Crippen LogP contribution in [-0.2, 0) is 14.8 Å². The molecule has 0 saturated carbocycles. The van der Waals surface area contributed by atoms with E-state index < -0.39 is 21.7 Å². The summed E-state index contributed by atoms with van der Waals surface area (Å²) in [5.74, 6) is -0.880. The number of amides is 1. The Hall–Kier alpha value is -2.49. The number of carbonyl (C=O) groups excluding carboxylic acids is 1. The van der Waals surface area contributed by atoms with Gasteiger partial charge in [-0.2, -0.15) is 0 Å². The molecule has 28 heavy (non-hydrogen) atoms. The molecular weight excluding hydrogens is 385 g/mol. The van der Waals surface area contributed by atoms with Gasteiger partial charge in [-0.25, -0.2) is 17.1 Å². The van der Waals surface area contributed by atoms with E-state index in [1.54, 1.807) is 6.07 Å². The Morgan fingerprint density at radius 3 is 2.36 bits per heavy atom. The third-order valence-electron chi connectivity index (χ3n) is 4.45. The van der Waals surface area contributed by atoms with Crippen molar-refractivity contribution in [3.8, 4) is 0 Å². The topological polar surface area (TPSA) is 79.0 Å². The van der Waals surface area contributed by atoms with Crippen molar-refractivity contribution in [1.82, 2.24) is 4.31 Å². The molecule has 9 heteroatoms. The van der Waals surface area contributed by atoms with Gasteiger partial charge in [-0.1, -0.05) is 0 Å². The molecule has 0 bridgehead atoms. The summed E-state index contributed by atoms with van der Waals surface area (Å²) < 4.78 is 44.6. The fourth-order valence-electron chi connectivity index (χ4n) is 2.88. The van der Waals surface area contributed by atoms with Gasteiger partial charge in [-0.3, -0.25) is 4.79 Å². The molecular formula is C19H22FN3O4S. The van der Waals surface area contributed by atoms with Crippen LogP contribution in [-0.4, -0.2) is 59.0 Å². The number of anilines is 2. The van der Waals surface area contributed by atoms with Gasteiger partial charge in [0.05, 0.1) is 23.7 Å². The second-order valence-corrected chi connectivity index (χ2v) is 8.68. The van der Waals surface area contributed by atoms with E-state index in [2.05, 4.69) is 5.32 Å². The highest BCUT2D eigenvalue weighted by atomic mass is 32.2. The molecule has 150 valence electrons. The predicted octanol–water partition coefficient (Wildman–Crippen LogP) is 2.16. The van der Waals surface area contributed by atoms with Gasteiger partial charge in [0.15, 0.2) is 0 Å². The van der Waals surface area contributed by atoms with Crippen LogP contribution in [0.5, 0.6) is 0 Å². The van der Waals surface area contributed by atoms with E-state index in [0.717, 1.165) is 4.31 Å². The summed E-state index contributed by atoms with van der Waals surface area (Å²) in [6.07, 6.45) is 0. The van der Waals surface area contributed by atoms with Crippen molar-refractivity contribution in [2.75, 3.05) is 50.6 Å². The smallest absolute Gasteiger partial charge is 0.257 e. The first-order valence-electron chi connectivity index (χ1n) is 8.75. The minimum absolute atomic E-state index is 0.0266. The zero-order chi connectivity index (χ0) is 20.3. The van der Waals surface area contributed by atoms with E-state index >= 15 is 0 Å². The van der Waals surface area contributed by atoms with Crippen molar-refractivity contribution in [2.45, 2.75) is 4.90 Å². The third-order valence-corrected chi connectivity index (χ3v) is 6.26. The Morgan fingerprint density at radius 1 is 1.11 bits per heavy atom. The molecule has 1 N–H and O–H groups in total. The standard InChI is InChI=1S/C19H22FN3O4S/c1-22(2)28(25,26)16-7-8-18(23-9-11-27-12-10-23)17(13-16)19(24)21-15-5-3-14(20)4-6-15/h3-8,13H,9-12H2,1-2H3,(H,21,24). The SMILES string of the molecule is CN(C)S(=O)(=O)c1ccc(N2CCOCC2)c(C(=O)Nc2ccc(F)cc2)c1. The van der Waals surface area contributed by atoms with E-state index in [9.17, 15) is 17.6 Å². The molecule has 1 amide bonds. The highest BCUT2D eigenvalue weighted by Gasteiger charge is 2.24. The number of benzene rings is 2. The van der Waals surface area contributed by atoms with Crippen LogP contribution in [0.1, 0.15) is 10.4 Å². The lowest BCUT2D eigenvalue weighted by atomic mass is 10.1. The summed E-state index contributed by atoms with van der Waals surface area (Å²) in [5, 5.41) is 2.70. The molecule has 7 nitrogen and oxygen atoms in total.